The Labute approximate surface area is 188 Å². The Bertz CT molecular complexity index is 1320. The summed E-state index contributed by atoms with van der Waals surface area (Å²) in [5.74, 6) is 0.795. The minimum atomic E-state index is -0.659. The molecule has 0 aliphatic rings. The van der Waals surface area contributed by atoms with Gasteiger partial charge in [0.2, 0.25) is 0 Å². The largest absolute Gasteiger partial charge is 0.373 e. The lowest BCUT2D eigenvalue weighted by molar-refractivity contribution is 0.660. The van der Waals surface area contributed by atoms with Crippen molar-refractivity contribution in [2.75, 3.05) is 12.4 Å². The molecule has 0 fully saturated rings. The molecule has 158 valence electrons. The molecule has 6 heteroatoms. The predicted octanol–water partition coefficient (Wildman–Crippen LogP) is 5.42. The van der Waals surface area contributed by atoms with Crippen molar-refractivity contribution < 1.29 is 0 Å². The zero-order valence-electron chi connectivity index (χ0n) is 18.6. The van der Waals surface area contributed by atoms with Crippen LogP contribution in [-0.2, 0) is 5.41 Å². The second kappa shape index (κ2) is 8.56. The summed E-state index contributed by atoms with van der Waals surface area (Å²) in [6.45, 7) is 5.74. The third-order valence-corrected chi connectivity index (χ3v) is 5.48. The van der Waals surface area contributed by atoms with Crippen LogP contribution in [0.5, 0.6) is 0 Å². The molecule has 0 spiro atoms. The fourth-order valence-electron chi connectivity index (χ4n) is 3.47. The lowest BCUT2D eigenvalue weighted by Gasteiger charge is -2.16. The lowest BCUT2D eigenvalue weighted by Crippen LogP contribution is -2.15. The van der Waals surface area contributed by atoms with Crippen molar-refractivity contribution in [2.45, 2.75) is 26.2 Å². The molecule has 0 bridgehead atoms. The van der Waals surface area contributed by atoms with Crippen molar-refractivity contribution in [3.63, 3.8) is 0 Å². The van der Waals surface area contributed by atoms with Gasteiger partial charge in [-0.1, -0.05) is 0 Å². The van der Waals surface area contributed by atoms with Crippen LogP contribution >= 0.6 is 0 Å². The van der Waals surface area contributed by atoms with Gasteiger partial charge in [0, 0.05) is 54.2 Å². The number of aromatic nitrogens is 4. The van der Waals surface area contributed by atoms with E-state index in [4.69, 9.17) is 0 Å². The first-order valence-corrected chi connectivity index (χ1v) is 10.4. The SMILES string of the molecule is CNc1cc(-c2cc(-c3cc(-c4ccnc(C(C)(C)C#N)c4)cnc3C)ccn2)ccn1. The molecule has 0 radical (unpaired) electrons. The first-order valence-electron chi connectivity index (χ1n) is 10.4. The summed E-state index contributed by atoms with van der Waals surface area (Å²) in [6.07, 6.45) is 7.20. The van der Waals surface area contributed by atoms with Crippen molar-refractivity contribution in [3.05, 3.63) is 78.6 Å². The maximum absolute atomic E-state index is 9.47. The average Bonchev–Trinajstić information content (AvgIpc) is 2.84. The highest BCUT2D eigenvalue weighted by Crippen LogP contribution is 2.31. The van der Waals surface area contributed by atoms with Crippen molar-refractivity contribution in [1.29, 1.82) is 5.26 Å². The van der Waals surface area contributed by atoms with E-state index in [2.05, 4.69) is 43.5 Å². The van der Waals surface area contributed by atoms with Crippen molar-refractivity contribution in [3.8, 4) is 39.6 Å². The van der Waals surface area contributed by atoms with Crippen molar-refractivity contribution in [1.82, 2.24) is 19.9 Å². The number of anilines is 1. The molecular weight excluding hydrogens is 396 g/mol. The van der Waals surface area contributed by atoms with E-state index in [0.29, 0.717) is 0 Å². The van der Waals surface area contributed by atoms with Gasteiger partial charge in [0.05, 0.1) is 22.9 Å². The van der Waals surface area contributed by atoms with Crippen LogP contribution in [0.2, 0.25) is 0 Å². The molecule has 4 aromatic rings. The summed E-state index contributed by atoms with van der Waals surface area (Å²) >= 11 is 0. The number of nitriles is 1. The Hall–Kier alpha value is -4.11. The third-order valence-electron chi connectivity index (χ3n) is 5.48. The van der Waals surface area contributed by atoms with Gasteiger partial charge in [-0.2, -0.15) is 5.26 Å². The average molecular weight is 421 g/mol. The second-order valence-electron chi connectivity index (χ2n) is 8.13. The maximum Gasteiger partial charge on any atom is 0.126 e. The highest BCUT2D eigenvalue weighted by Gasteiger charge is 2.22. The molecule has 0 unspecified atom stereocenters. The number of hydrogen-bond donors (Lipinski definition) is 1. The molecule has 0 amide bonds. The topological polar surface area (TPSA) is 87.4 Å². The van der Waals surface area contributed by atoms with Gasteiger partial charge >= 0.3 is 0 Å². The van der Waals surface area contributed by atoms with E-state index in [-0.39, 0.29) is 0 Å². The van der Waals surface area contributed by atoms with Crippen molar-refractivity contribution in [2.24, 2.45) is 0 Å². The number of rotatable bonds is 5. The van der Waals surface area contributed by atoms with E-state index in [9.17, 15) is 5.26 Å². The molecule has 4 heterocycles. The normalized spacial score (nSPS) is 11.1. The minimum absolute atomic E-state index is 0.659. The van der Waals surface area contributed by atoms with E-state index in [1.807, 2.05) is 70.5 Å². The fourth-order valence-corrected chi connectivity index (χ4v) is 3.47. The molecule has 32 heavy (non-hydrogen) atoms. The Morgan fingerprint density at radius 1 is 0.812 bits per heavy atom. The molecule has 6 nitrogen and oxygen atoms in total. The molecule has 0 saturated heterocycles. The predicted molar refractivity (Wildman–Crippen MR) is 127 cm³/mol. The van der Waals surface area contributed by atoms with E-state index >= 15 is 0 Å². The Morgan fingerprint density at radius 2 is 1.53 bits per heavy atom. The highest BCUT2D eigenvalue weighted by molar-refractivity contribution is 5.76. The highest BCUT2D eigenvalue weighted by atomic mass is 14.9. The van der Waals surface area contributed by atoms with Gasteiger partial charge in [0.15, 0.2) is 0 Å². The van der Waals surface area contributed by atoms with Crippen LogP contribution in [0.4, 0.5) is 5.82 Å². The molecule has 0 aromatic carbocycles. The number of hydrogen-bond acceptors (Lipinski definition) is 6. The summed E-state index contributed by atoms with van der Waals surface area (Å²) in [7, 11) is 1.85. The van der Waals surface area contributed by atoms with Crippen LogP contribution in [0.3, 0.4) is 0 Å². The Kier molecular flexibility index (Phi) is 5.65. The number of nitrogens with zero attached hydrogens (tertiary/aromatic N) is 5. The first kappa shape index (κ1) is 21.1. The summed E-state index contributed by atoms with van der Waals surface area (Å²) < 4.78 is 0. The van der Waals surface area contributed by atoms with Crippen LogP contribution < -0.4 is 5.32 Å². The molecule has 0 aliphatic heterocycles. The summed E-state index contributed by atoms with van der Waals surface area (Å²) in [6, 6.07) is 16.3. The smallest absolute Gasteiger partial charge is 0.126 e. The number of nitrogens with one attached hydrogen (secondary N) is 1. The number of pyridine rings is 4. The van der Waals surface area contributed by atoms with E-state index < -0.39 is 5.41 Å². The first-order chi connectivity index (χ1) is 15.4. The van der Waals surface area contributed by atoms with E-state index in [0.717, 1.165) is 50.7 Å². The third kappa shape index (κ3) is 4.19. The van der Waals surface area contributed by atoms with Gasteiger partial charge in [-0.25, -0.2) is 4.98 Å². The van der Waals surface area contributed by atoms with E-state index in [1.54, 1.807) is 12.4 Å². The molecule has 1 N–H and O–H groups in total. The monoisotopic (exact) mass is 420 g/mol. The standard InChI is InChI=1S/C26H24N6/c1-17-22(19-6-8-29-23(12-19)20-7-10-31-25(14-20)28-4)11-21(15-32-17)18-5-9-30-24(13-18)26(2,3)16-27/h5-15H,1-4H3,(H,28,31). The van der Waals surface area contributed by atoms with Gasteiger partial charge in [-0.05, 0) is 74.4 Å². The van der Waals surface area contributed by atoms with Crippen LogP contribution in [0.15, 0.2) is 67.3 Å². The second-order valence-corrected chi connectivity index (χ2v) is 8.13. The quantitative estimate of drug-likeness (QED) is 0.464. The van der Waals surface area contributed by atoms with Crippen LogP contribution in [-0.4, -0.2) is 27.0 Å². The summed E-state index contributed by atoms with van der Waals surface area (Å²) in [4.78, 5) is 17.9. The molecule has 4 aromatic heterocycles. The number of aryl methyl sites for hydroxylation is 1. The van der Waals surface area contributed by atoms with Gasteiger partial charge in [-0.3, -0.25) is 15.0 Å². The van der Waals surface area contributed by atoms with Gasteiger partial charge in [0.25, 0.3) is 0 Å². The summed E-state index contributed by atoms with van der Waals surface area (Å²) in [5.41, 5.74) is 6.90. The lowest BCUT2D eigenvalue weighted by atomic mass is 9.89. The zero-order chi connectivity index (χ0) is 22.7. The van der Waals surface area contributed by atoms with Gasteiger partial charge in [0.1, 0.15) is 5.82 Å². The fraction of sp³-hybridized carbons (Fsp3) is 0.192. The van der Waals surface area contributed by atoms with Gasteiger partial charge < -0.3 is 5.32 Å². The maximum atomic E-state index is 9.47. The molecule has 0 saturated carbocycles. The minimum Gasteiger partial charge on any atom is -0.373 e. The van der Waals surface area contributed by atoms with Crippen LogP contribution in [0, 0.1) is 18.3 Å². The van der Waals surface area contributed by atoms with Crippen LogP contribution in [0.1, 0.15) is 25.2 Å². The Balaban J connectivity index is 1.76. The van der Waals surface area contributed by atoms with Crippen LogP contribution in [0.25, 0.3) is 33.5 Å². The molecular formula is C26H24N6. The molecule has 0 aliphatic carbocycles. The summed E-state index contributed by atoms with van der Waals surface area (Å²) in [5, 5.41) is 12.5. The molecule has 4 rings (SSSR count). The molecule has 0 atom stereocenters. The van der Waals surface area contributed by atoms with Crippen molar-refractivity contribution >= 4 is 5.82 Å². The van der Waals surface area contributed by atoms with E-state index in [1.165, 1.54) is 0 Å². The van der Waals surface area contributed by atoms with Gasteiger partial charge in [-0.15, -0.1) is 0 Å². The zero-order valence-corrected chi connectivity index (χ0v) is 18.6. The Morgan fingerprint density at radius 3 is 2.31 bits per heavy atom.